The average Bonchev–Trinajstić information content (AvgIpc) is 3.37. The molecular weight excluding hydrogens is 656 g/mol. The van der Waals surface area contributed by atoms with Crippen LogP contribution in [0.4, 0.5) is 4.79 Å². The van der Waals surface area contributed by atoms with Crippen LogP contribution in [0.15, 0.2) is 71.6 Å². The number of carbonyl (C=O) groups excluding carboxylic acids is 1. The fourth-order valence-electron chi connectivity index (χ4n) is 6.34. The van der Waals surface area contributed by atoms with E-state index in [2.05, 4.69) is 0 Å². The number of nitrogens with zero attached hydrogens (tertiary/aromatic N) is 2. The molecule has 3 aromatic carbocycles. The Balaban J connectivity index is 1.47. The minimum Gasteiger partial charge on any atom is -0.496 e. The Morgan fingerprint density at radius 1 is 0.979 bits per heavy atom. The summed E-state index contributed by atoms with van der Waals surface area (Å²) in [6, 6.07) is 20.2. The summed E-state index contributed by atoms with van der Waals surface area (Å²) in [4.78, 5) is 30.6. The van der Waals surface area contributed by atoms with E-state index in [1.807, 2.05) is 68.1 Å². The molecule has 11 heteroatoms. The van der Waals surface area contributed by atoms with E-state index in [-0.39, 0.29) is 29.3 Å². The molecule has 1 aliphatic rings. The predicted molar refractivity (Wildman–Crippen MR) is 188 cm³/mol. The number of amides is 2. The molecule has 0 saturated heterocycles. The zero-order chi connectivity index (χ0) is 34.1. The fourth-order valence-corrected chi connectivity index (χ4v) is 8.44. The molecule has 1 N–H and O–H groups in total. The lowest BCUT2D eigenvalue weighted by atomic mass is 9.84. The Hall–Kier alpha value is -3.60. The van der Waals surface area contributed by atoms with Crippen molar-refractivity contribution >= 4 is 54.9 Å². The van der Waals surface area contributed by atoms with E-state index < -0.39 is 21.5 Å². The van der Waals surface area contributed by atoms with Crippen LogP contribution in [0.5, 0.6) is 5.75 Å². The lowest BCUT2D eigenvalue weighted by molar-refractivity contribution is 0.0535. The third-order valence-electron chi connectivity index (χ3n) is 8.97. The summed E-state index contributed by atoms with van der Waals surface area (Å²) in [5, 5.41) is 11.1. The van der Waals surface area contributed by atoms with E-state index in [4.69, 9.17) is 16.3 Å². The van der Waals surface area contributed by atoms with Gasteiger partial charge in [0.2, 0.25) is 0 Å². The van der Waals surface area contributed by atoms with E-state index in [0.29, 0.717) is 22.2 Å². The number of hydrogen-bond donors (Lipinski definition) is 1. The standard InChI is InChI=1S/C36H41ClN2O6S2/c1-36(2,3)39(35(41)42)21-23-10-15-27(16-11-23)38(34(40)33-32(37)29-8-6-7-9-31(29)46-33)22-26-20-25(14-19-30(26)45-4)24-12-17-28(18-13-24)47(5,43)44/h6-9,12-14,17-20,23,27H,10-11,15-16,21-22H2,1-5H3,(H,41,42). The predicted octanol–water partition coefficient (Wildman–Crippen LogP) is 8.61. The van der Waals surface area contributed by atoms with Gasteiger partial charge in [-0.15, -0.1) is 11.3 Å². The second kappa shape index (κ2) is 13.9. The van der Waals surface area contributed by atoms with Gasteiger partial charge in [-0.05, 0) is 93.8 Å². The number of carboxylic acid groups (broad SMARTS) is 1. The smallest absolute Gasteiger partial charge is 0.407 e. The molecule has 4 aromatic rings. The molecule has 47 heavy (non-hydrogen) atoms. The SMILES string of the molecule is COc1ccc(-c2ccc(S(C)(=O)=O)cc2)cc1CN(C(=O)c1sc2ccccc2c1Cl)C1CCC(CN(C(=O)O)C(C)(C)C)CC1. The highest BCUT2D eigenvalue weighted by molar-refractivity contribution is 7.90. The van der Waals surface area contributed by atoms with Crippen molar-refractivity contribution in [2.24, 2.45) is 5.92 Å². The summed E-state index contributed by atoms with van der Waals surface area (Å²) in [7, 11) is -1.73. The van der Waals surface area contributed by atoms with Gasteiger partial charge in [-0.1, -0.05) is 48.0 Å². The average molecular weight is 697 g/mol. The number of methoxy groups -OCH3 is 1. The number of fused-ring (bicyclic) bond motifs is 1. The van der Waals surface area contributed by atoms with E-state index in [9.17, 15) is 23.1 Å². The van der Waals surface area contributed by atoms with Crippen LogP contribution in [0.1, 0.15) is 61.7 Å². The van der Waals surface area contributed by atoms with Crippen molar-refractivity contribution in [1.29, 1.82) is 0 Å². The van der Waals surface area contributed by atoms with Gasteiger partial charge in [0.15, 0.2) is 9.84 Å². The van der Waals surface area contributed by atoms with Crippen LogP contribution in [0.3, 0.4) is 0 Å². The minimum absolute atomic E-state index is 0.0876. The molecule has 250 valence electrons. The topological polar surface area (TPSA) is 104 Å². The van der Waals surface area contributed by atoms with Crippen LogP contribution in [-0.4, -0.2) is 66.8 Å². The highest BCUT2D eigenvalue weighted by atomic mass is 35.5. The van der Waals surface area contributed by atoms with Crippen LogP contribution in [0, 0.1) is 5.92 Å². The van der Waals surface area contributed by atoms with Gasteiger partial charge in [0.05, 0.1) is 17.0 Å². The second-order valence-electron chi connectivity index (χ2n) is 13.2. The molecule has 5 rings (SSSR count). The fraction of sp³-hybridized carbons (Fsp3) is 0.389. The van der Waals surface area contributed by atoms with Gasteiger partial charge in [0.1, 0.15) is 10.6 Å². The van der Waals surface area contributed by atoms with Crippen molar-refractivity contribution in [3.05, 3.63) is 82.2 Å². The van der Waals surface area contributed by atoms with Gasteiger partial charge in [0.25, 0.3) is 5.91 Å². The molecule has 0 spiro atoms. The molecule has 2 amide bonds. The number of thiophene rings is 1. The maximum atomic E-state index is 14.5. The van der Waals surface area contributed by atoms with Crippen LogP contribution in [0.2, 0.25) is 5.02 Å². The molecule has 1 fully saturated rings. The van der Waals surface area contributed by atoms with E-state index >= 15 is 0 Å². The number of hydrogen-bond acceptors (Lipinski definition) is 6. The first-order valence-electron chi connectivity index (χ1n) is 15.6. The molecule has 0 aliphatic heterocycles. The third kappa shape index (κ3) is 7.77. The summed E-state index contributed by atoms with van der Waals surface area (Å²) < 4.78 is 30.7. The third-order valence-corrected chi connectivity index (χ3v) is 11.8. The molecule has 0 bridgehead atoms. The second-order valence-corrected chi connectivity index (χ2v) is 16.7. The van der Waals surface area contributed by atoms with E-state index in [1.165, 1.54) is 22.5 Å². The molecule has 1 aliphatic carbocycles. The number of benzene rings is 3. The lowest BCUT2D eigenvalue weighted by Crippen LogP contribution is -2.48. The number of ether oxygens (including phenoxy) is 1. The summed E-state index contributed by atoms with van der Waals surface area (Å²) in [6.45, 7) is 6.45. The first kappa shape index (κ1) is 34.7. The zero-order valence-electron chi connectivity index (χ0n) is 27.3. The maximum Gasteiger partial charge on any atom is 0.407 e. The molecule has 0 radical (unpaired) electrons. The van der Waals surface area contributed by atoms with Crippen molar-refractivity contribution in [1.82, 2.24) is 9.80 Å². The Bertz CT molecular complexity index is 1870. The molecule has 8 nitrogen and oxygen atoms in total. The molecule has 1 heterocycles. The Morgan fingerprint density at radius 3 is 2.19 bits per heavy atom. The summed E-state index contributed by atoms with van der Waals surface area (Å²) in [5.74, 6) is 0.684. The number of rotatable bonds is 9. The Labute approximate surface area is 285 Å². The Morgan fingerprint density at radius 2 is 1.62 bits per heavy atom. The molecule has 0 unspecified atom stereocenters. The van der Waals surface area contributed by atoms with Gasteiger partial charge in [-0.25, -0.2) is 13.2 Å². The quantitative estimate of drug-likeness (QED) is 0.188. The normalized spacial score (nSPS) is 17.0. The van der Waals surface area contributed by atoms with Crippen molar-refractivity contribution in [2.45, 2.75) is 69.5 Å². The van der Waals surface area contributed by atoms with Gasteiger partial charge in [0, 0.05) is 46.6 Å². The van der Waals surface area contributed by atoms with E-state index in [1.54, 1.807) is 31.4 Å². The number of sulfone groups is 1. The van der Waals surface area contributed by atoms with Gasteiger partial charge < -0.3 is 19.6 Å². The van der Waals surface area contributed by atoms with Gasteiger partial charge >= 0.3 is 6.09 Å². The Kier molecular flexibility index (Phi) is 10.2. The van der Waals surface area contributed by atoms with Crippen molar-refractivity contribution in [2.75, 3.05) is 19.9 Å². The minimum atomic E-state index is -3.33. The highest BCUT2D eigenvalue weighted by Crippen LogP contribution is 2.39. The van der Waals surface area contributed by atoms with Crippen molar-refractivity contribution in [3.63, 3.8) is 0 Å². The van der Waals surface area contributed by atoms with Gasteiger partial charge in [-0.3, -0.25) is 4.79 Å². The number of carbonyl (C=O) groups is 2. The maximum absolute atomic E-state index is 14.5. The number of halogens is 1. The largest absolute Gasteiger partial charge is 0.496 e. The summed E-state index contributed by atoms with van der Waals surface area (Å²) >= 11 is 8.22. The first-order chi connectivity index (χ1) is 22.2. The van der Waals surface area contributed by atoms with Crippen LogP contribution in [0.25, 0.3) is 21.2 Å². The van der Waals surface area contributed by atoms with Crippen molar-refractivity contribution < 1.29 is 27.9 Å². The van der Waals surface area contributed by atoms with E-state index in [0.717, 1.165) is 52.5 Å². The summed E-state index contributed by atoms with van der Waals surface area (Å²) in [6.07, 6.45) is 3.30. The van der Waals surface area contributed by atoms with Gasteiger partial charge in [-0.2, -0.15) is 0 Å². The highest BCUT2D eigenvalue weighted by Gasteiger charge is 2.35. The molecular formula is C36H41ClN2O6S2. The zero-order valence-corrected chi connectivity index (χ0v) is 29.7. The monoisotopic (exact) mass is 696 g/mol. The molecule has 1 saturated carbocycles. The first-order valence-corrected chi connectivity index (χ1v) is 18.7. The van der Waals surface area contributed by atoms with Crippen LogP contribution < -0.4 is 4.74 Å². The summed E-state index contributed by atoms with van der Waals surface area (Å²) in [5.41, 5.74) is 2.02. The van der Waals surface area contributed by atoms with Crippen LogP contribution in [-0.2, 0) is 16.4 Å². The molecule has 1 aromatic heterocycles. The van der Waals surface area contributed by atoms with Crippen molar-refractivity contribution in [3.8, 4) is 16.9 Å². The molecule has 0 atom stereocenters. The lowest BCUT2D eigenvalue weighted by Gasteiger charge is -2.40. The van der Waals surface area contributed by atoms with Crippen LogP contribution >= 0.6 is 22.9 Å².